The maximum Gasteiger partial charge on any atom is 0.248 e. The third kappa shape index (κ3) is 7.44. The smallest absolute Gasteiger partial charge is 0.248 e. The second kappa shape index (κ2) is 13.6. The van der Waals surface area contributed by atoms with E-state index in [9.17, 15) is 14.7 Å². The van der Waals surface area contributed by atoms with E-state index in [1.54, 1.807) is 19.1 Å². The molecule has 38 heavy (non-hydrogen) atoms. The molecule has 2 aromatic carbocycles. The molecule has 1 saturated heterocycles. The molecule has 2 aromatic rings. The summed E-state index contributed by atoms with van der Waals surface area (Å²) >= 11 is 0. The summed E-state index contributed by atoms with van der Waals surface area (Å²) < 4.78 is 23.3. The van der Waals surface area contributed by atoms with Crippen LogP contribution in [0.4, 0.5) is 0 Å². The molecule has 10 heteroatoms. The Bertz CT molecular complexity index is 1100. The summed E-state index contributed by atoms with van der Waals surface area (Å²) in [6.07, 6.45) is 1.03. The first-order valence-corrected chi connectivity index (χ1v) is 12.9. The molecule has 2 aliphatic rings. The second-order valence-electron chi connectivity index (χ2n) is 9.60. The maximum absolute atomic E-state index is 13.3. The van der Waals surface area contributed by atoms with Crippen LogP contribution in [0.25, 0.3) is 0 Å². The molecule has 0 aliphatic carbocycles. The van der Waals surface area contributed by atoms with Crippen LogP contribution in [0, 0.1) is 0 Å². The van der Waals surface area contributed by atoms with Gasteiger partial charge >= 0.3 is 0 Å². The lowest BCUT2D eigenvalue weighted by molar-refractivity contribution is -0.140. The van der Waals surface area contributed by atoms with Gasteiger partial charge in [-0.2, -0.15) is 0 Å². The summed E-state index contributed by atoms with van der Waals surface area (Å²) in [5, 5.41) is 12.5. The lowest BCUT2D eigenvalue weighted by Crippen LogP contribution is -2.58. The average molecular weight is 528 g/mol. The van der Waals surface area contributed by atoms with Crippen LogP contribution in [0.5, 0.6) is 17.2 Å². The molecule has 2 heterocycles. The van der Waals surface area contributed by atoms with Gasteiger partial charge in [0.25, 0.3) is 0 Å². The molecular weight excluding hydrogens is 490 g/mol. The zero-order chi connectivity index (χ0) is 26.9. The normalized spacial score (nSPS) is 20.7. The lowest BCUT2D eigenvalue weighted by Gasteiger charge is -2.39. The van der Waals surface area contributed by atoms with Gasteiger partial charge in [-0.05, 0) is 48.2 Å². The van der Waals surface area contributed by atoms with E-state index < -0.39 is 12.6 Å². The number of piperidine rings is 1. The van der Waals surface area contributed by atoms with Crippen LogP contribution < -0.4 is 14.8 Å². The monoisotopic (exact) mass is 527 g/mol. The van der Waals surface area contributed by atoms with Crippen molar-refractivity contribution in [3.63, 3.8) is 0 Å². The first-order valence-electron chi connectivity index (χ1n) is 12.9. The van der Waals surface area contributed by atoms with Crippen molar-refractivity contribution >= 4 is 11.8 Å². The molecular formula is C28H37N3O7. The van der Waals surface area contributed by atoms with Gasteiger partial charge in [-0.1, -0.05) is 18.2 Å². The van der Waals surface area contributed by atoms with Crippen LogP contribution in [0.3, 0.4) is 0 Å². The number of carbonyl (C=O) groups is 2. The van der Waals surface area contributed by atoms with Crippen molar-refractivity contribution in [3.05, 3.63) is 53.6 Å². The number of hydrogen-bond donors (Lipinski definition) is 2. The third-order valence-electron chi connectivity index (χ3n) is 6.80. The largest absolute Gasteiger partial charge is 0.493 e. The van der Waals surface area contributed by atoms with Gasteiger partial charge in [0.2, 0.25) is 11.8 Å². The van der Waals surface area contributed by atoms with E-state index in [1.165, 1.54) is 0 Å². The third-order valence-corrected chi connectivity index (χ3v) is 6.80. The average Bonchev–Trinajstić information content (AvgIpc) is 2.92. The number of likely N-dealkylation sites (tertiary alicyclic amines) is 1. The molecule has 2 N–H and O–H groups in total. The molecule has 0 saturated carbocycles. The molecule has 2 atom stereocenters. The number of nitrogens with one attached hydrogen (secondary N) is 1. The Labute approximate surface area is 223 Å². The molecule has 206 valence electrons. The van der Waals surface area contributed by atoms with Crippen LogP contribution in [0.1, 0.15) is 24.0 Å². The highest BCUT2D eigenvalue weighted by molar-refractivity contribution is 5.79. The van der Waals surface area contributed by atoms with Gasteiger partial charge in [0.15, 0.2) is 11.5 Å². The minimum atomic E-state index is -0.559. The van der Waals surface area contributed by atoms with Gasteiger partial charge in [-0.15, -0.1) is 0 Å². The Morgan fingerprint density at radius 2 is 2.03 bits per heavy atom. The Morgan fingerprint density at radius 3 is 2.82 bits per heavy atom. The highest BCUT2D eigenvalue weighted by Gasteiger charge is 2.33. The van der Waals surface area contributed by atoms with Gasteiger partial charge in [-0.3, -0.25) is 14.5 Å². The summed E-state index contributed by atoms with van der Waals surface area (Å²) in [4.78, 5) is 29.1. The fourth-order valence-corrected chi connectivity index (χ4v) is 4.88. The zero-order valence-electron chi connectivity index (χ0n) is 22.1. The van der Waals surface area contributed by atoms with Gasteiger partial charge in [0.1, 0.15) is 12.4 Å². The predicted molar refractivity (Wildman–Crippen MR) is 140 cm³/mol. The topological polar surface area (TPSA) is 110 Å². The van der Waals surface area contributed by atoms with Gasteiger partial charge in [0.05, 0.1) is 32.4 Å². The molecule has 2 amide bonds. The standard InChI is InChI=1S/C28H37N3O7/c1-35-12-4-10-30-15-20-7-8-25(36-2)26(14-20)38-22-6-3-5-21(13-22)19-37-24-9-11-31(28(34)18-32)16-23(24)29-27(33)17-30/h3,5-8,13-14,23-24,32H,4,9-12,15-19H2,1-2H3,(H,29,33)/t23-,24+/m0/s1. The summed E-state index contributed by atoms with van der Waals surface area (Å²) in [5.41, 5.74) is 1.90. The second-order valence-corrected chi connectivity index (χ2v) is 9.60. The SMILES string of the molecule is COCCCN1CC(=O)N[C@H]2CN(C(=O)CO)CC[C@H]2OCc2cccc(c2)Oc2cc(ccc2OC)C1. The molecule has 0 unspecified atom stereocenters. The van der Waals surface area contributed by atoms with Gasteiger partial charge in [0, 0.05) is 39.9 Å². The molecule has 0 radical (unpaired) electrons. The van der Waals surface area contributed by atoms with Crippen molar-refractivity contribution in [1.29, 1.82) is 0 Å². The number of nitrogens with zero attached hydrogens (tertiary/aromatic N) is 2. The molecule has 4 rings (SSSR count). The van der Waals surface area contributed by atoms with Crippen molar-refractivity contribution in [2.75, 3.05) is 53.6 Å². The molecule has 0 aromatic heterocycles. The molecule has 0 spiro atoms. The number of carbonyl (C=O) groups excluding carboxylic acids is 2. The van der Waals surface area contributed by atoms with E-state index in [1.807, 2.05) is 42.5 Å². The number of benzene rings is 2. The van der Waals surface area contributed by atoms with Gasteiger partial charge in [-0.25, -0.2) is 0 Å². The van der Waals surface area contributed by atoms with E-state index in [-0.39, 0.29) is 31.0 Å². The van der Waals surface area contributed by atoms with Crippen LogP contribution in [0.2, 0.25) is 0 Å². The highest BCUT2D eigenvalue weighted by atomic mass is 16.5. The number of hydrogen-bond acceptors (Lipinski definition) is 8. The minimum Gasteiger partial charge on any atom is -0.493 e. The fourth-order valence-electron chi connectivity index (χ4n) is 4.88. The lowest BCUT2D eigenvalue weighted by atomic mass is 10.0. The first kappa shape index (κ1) is 27.8. The Morgan fingerprint density at radius 1 is 1.16 bits per heavy atom. The van der Waals surface area contributed by atoms with Crippen LogP contribution >= 0.6 is 0 Å². The van der Waals surface area contributed by atoms with Gasteiger partial charge < -0.3 is 34.3 Å². The van der Waals surface area contributed by atoms with E-state index in [4.69, 9.17) is 18.9 Å². The number of amides is 2. The summed E-state index contributed by atoms with van der Waals surface area (Å²) in [5.74, 6) is 1.37. The Kier molecular flexibility index (Phi) is 9.94. The van der Waals surface area contributed by atoms with E-state index >= 15 is 0 Å². The van der Waals surface area contributed by atoms with E-state index in [0.29, 0.717) is 56.5 Å². The van der Waals surface area contributed by atoms with Crippen molar-refractivity contribution in [3.8, 4) is 17.2 Å². The van der Waals surface area contributed by atoms with Crippen LogP contribution in [-0.2, 0) is 32.2 Å². The highest BCUT2D eigenvalue weighted by Crippen LogP contribution is 2.33. The summed E-state index contributed by atoms with van der Waals surface area (Å²) in [7, 11) is 3.27. The quantitative estimate of drug-likeness (QED) is 0.549. The molecule has 2 aliphatic heterocycles. The van der Waals surface area contributed by atoms with Crippen molar-refractivity contribution in [1.82, 2.24) is 15.1 Å². The molecule has 10 nitrogen and oxygen atoms in total. The fraction of sp³-hybridized carbons (Fsp3) is 0.500. The predicted octanol–water partition coefficient (Wildman–Crippen LogP) is 1.93. The Hall–Kier alpha value is -3.18. The first-order chi connectivity index (χ1) is 18.5. The van der Waals surface area contributed by atoms with Crippen molar-refractivity contribution in [2.24, 2.45) is 0 Å². The molecule has 1 fully saturated rings. The number of rotatable bonds is 6. The minimum absolute atomic E-state index is 0.154. The number of methoxy groups -OCH3 is 2. The number of aliphatic hydroxyl groups is 1. The number of fused-ring (bicyclic) bond motifs is 5. The molecule has 4 bridgehead atoms. The van der Waals surface area contributed by atoms with E-state index in [2.05, 4.69) is 10.2 Å². The van der Waals surface area contributed by atoms with Crippen LogP contribution in [-0.4, -0.2) is 92.5 Å². The summed E-state index contributed by atoms with van der Waals surface area (Å²) in [6, 6.07) is 13.1. The van der Waals surface area contributed by atoms with Crippen molar-refractivity contribution < 1.29 is 33.6 Å². The number of aliphatic hydroxyl groups excluding tert-OH is 1. The zero-order valence-corrected chi connectivity index (χ0v) is 22.1. The number of ether oxygens (including phenoxy) is 4. The summed E-state index contributed by atoms with van der Waals surface area (Å²) in [6.45, 7) is 2.44. The van der Waals surface area contributed by atoms with Crippen LogP contribution in [0.15, 0.2) is 42.5 Å². The van der Waals surface area contributed by atoms with E-state index in [0.717, 1.165) is 17.5 Å². The van der Waals surface area contributed by atoms with Crippen molar-refractivity contribution in [2.45, 2.75) is 38.1 Å². The maximum atomic E-state index is 13.3. The Balaban J connectivity index is 1.63.